The Kier molecular flexibility index (Phi) is 3.17. The van der Waals surface area contributed by atoms with E-state index < -0.39 is 5.60 Å². The van der Waals surface area contributed by atoms with Gasteiger partial charge in [0.25, 0.3) is 0 Å². The van der Waals surface area contributed by atoms with Gasteiger partial charge in [-0.05, 0) is 51.3 Å². The molecular formula is C15H23NO. The molecule has 1 atom stereocenters. The summed E-state index contributed by atoms with van der Waals surface area (Å²) in [5, 5.41) is 10.0. The molecule has 1 aromatic carbocycles. The van der Waals surface area contributed by atoms with Crippen molar-refractivity contribution in [2.45, 2.75) is 45.6 Å². The zero-order valence-corrected chi connectivity index (χ0v) is 11.3. The van der Waals surface area contributed by atoms with Crippen molar-refractivity contribution in [2.24, 2.45) is 0 Å². The minimum Gasteiger partial charge on any atom is -0.390 e. The molecule has 0 amide bonds. The molecular weight excluding hydrogens is 210 g/mol. The summed E-state index contributed by atoms with van der Waals surface area (Å²) < 4.78 is 0. The van der Waals surface area contributed by atoms with Crippen molar-refractivity contribution >= 4 is 5.69 Å². The Hall–Kier alpha value is -1.02. The first-order valence-corrected chi connectivity index (χ1v) is 6.49. The number of likely N-dealkylation sites (N-methyl/N-ethyl adjacent to an activating group) is 1. The third-order valence-corrected chi connectivity index (χ3v) is 3.62. The van der Waals surface area contributed by atoms with E-state index in [2.05, 4.69) is 36.9 Å². The Morgan fingerprint density at radius 3 is 2.71 bits per heavy atom. The van der Waals surface area contributed by atoms with E-state index in [1.807, 2.05) is 13.8 Å². The molecule has 17 heavy (non-hydrogen) atoms. The lowest BCUT2D eigenvalue weighted by molar-refractivity contribution is 0.0643. The maximum atomic E-state index is 10.0. The summed E-state index contributed by atoms with van der Waals surface area (Å²) in [6.07, 6.45) is 0.835. The van der Waals surface area contributed by atoms with Crippen LogP contribution in [-0.4, -0.2) is 23.8 Å². The summed E-state index contributed by atoms with van der Waals surface area (Å²) in [7, 11) is 0. The molecule has 0 bridgehead atoms. The Balaban J connectivity index is 2.35. The van der Waals surface area contributed by atoms with Gasteiger partial charge >= 0.3 is 0 Å². The van der Waals surface area contributed by atoms with Gasteiger partial charge in [0.1, 0.15) is 0 Å². The van der Waals surface area contributed by atoms with Crippen LogP contribution in [0.3, 0.4) is 0 Å². The highest BCUT2D eigenvalue weighted by Gasteiger charge is 2.32. The van der Waals surface area contributed by atoms with Gasteiger partial charge in [-0.3, -0.25) is 0 Å². The number of hydrogen-bond donors (Lipinski definition) is 1. The van der Waals surface area contributed by atoms with Crippen LogP contribution in [0.15, 0.2) is 18.2 Å². The molecule has 2 rings (SSSR count). The van der Waals surface area contributed by atoms with Gasteiger partial charge in [-0.1, -0.05) is 12.1 Å². The van der Waals surface area contributed by atoms with Crippen LogP contribution in [-0.2, 0) is 0 Å². The first-order valence-electron chi connectivity index (χ1n) is 6.49. The van der Waals surface area contributed by atoms with Gasteiger partial charge in [-0.25, -0.2) is 0 Å². The maximum absolute atomic E-state index is 10.0. The molecule has 1 aromatic rings. The quantitative estimate of drug-likeness (QED) is 0.867. The highest BCUT2D eigenvalue weighted by molar-refractivity contribution is 5.62. The van der Waals surface area contributed by atoms with Gasteiger partial charge in [0.2, 0.25) is 0 Å². The number of hydrogen-bond acceptors (Lipinski definition) is 2. The van der Waals surface area contributed by atoms with Crippen LogP contribution >= 0.6 is 0 Å². The molecule has 0 saturated heterocycles. The van der Waals surface area contributed by atoms with Gasteiger partial charge in [-0.2, -0.15) is 0 Å². The van der Waals surface area contributed by atoms with E-state index in [4.69, 9.17) is 0 Å². The summed E-state index contributed by atoms with van der Waals surface area (Å²) in [6, 6.07) is 6.51. The molecule has 94 valence electrons. The normalized spacial score (nSPS) is 19.6. The second-order valence-electron chi connectivity index (χ2n) is 5.76. The molecule has 1 aliphatic heterocycles. The smallest absolute Gasteiger partial charge is 0.0598 e. The molecule has 1 aliphatic rings. The van der Waals surface area contributed by atoms with Gasteiger partial charge < -0.3 is 10.0 Å². The van der Waals surface area contributed by atoms with Crippen LogP contribution in [0.5, 0.6) is 0 Å². The van der Waals surface area contributed by atoms with Crippen molar-refractivity contribution in [3.63, 3.8) is 0 Å². The summed E-state index contributed by atoms with van der Waals surface area (Å²) in [4.78, 5) is 2.42. The van der Waals surface area contributed by atoms with E-state index in [1.165, 1.54) is 16.8 Å². The first kappa shape index (κ1) is 12.4. The Labute approximate surface area is 104 Å². The maximum Gasteiger partial charge on any atom is 0.0598 e. The van der Waals surface area contributed by atoms with Gasteiger partial charge in [0, 0.05) is 24.7 Å². The van der Waals surface area contributed by atoms with E-state index >= 15 is 0 Å². The van der Waals surface area contributed by atoms with E-state index in [0.717, 1.165) is 19.5 Å². The fourth-order valence-electron chi connectivity index (χ4n) is 3.00. The molecule has 1 heterocycles. The molecule has 0 radical (unpaired) electrons. The predicted octanol–water partition coefficient (Wildman–Crippen LogP) is 3.08. The van der Waals surface area contributed by atoms with Crippen LogP contribution in [0.1, 0.15) is 44.2 Å². The average molecular weight is 233 g/mol. The van der Waals surface area contributed by atoms with Crippen molar-refractivity contribution in [1.29, 1.82) is 0 Å². The number of rotatable bonds is 3. The zero-order valence-electron chi connectivity index (χ0n) is 11.3. The summed E-state index contributed by atoms with van der Waals surface area (Å²) in [5.74, 6) is 0.464. The lowest BCUT2D eigenvalue weighted by Gasteiger charge is -2.23. The summed E-state index contributed by atoms with van der Waals surface area (Å²) >= 11 is 0. The lowest BCUT2D eigenvalue weighted by atomic mass is 9.87. The second-order valence-corrected chi connectivity index (χ2v) is 5.76. The SMILES string of the molecule is CCN1CC(CC(C)(C)O)c2c(C)cccc21. The fourth-order valence-corrected chi connectivity index (χ4v) is 3.00. The van der Waals surface area contributed by atoms with Gasteiger partial charge in [0.15, 0.2) is 0 Å². The van der Waals surface area contributed by atoms with E-state index in [-0.39, 0.29) is 0 Å². The highest BCUT2D eigenvalue weighted by atomic mass is 16.3. The standard InChI is InChI=1S/C15H23NO/c1-5-16-10-12(9-15(3,4)17)14-11(2)7-6-8-13(14)16/h6-8,12,17H,5,9-10H2,1-4H3. The molecule has 0 aromatic heterocycles. The summed E-state index contributed by atoms with van der Waals surface area (Å²) in [5.41, 5.74) is 3.57. The van der Waals surface area contributed by atoms with Crippen LogP contribution in [0, 0.1) is 6.92 Å². The first-order chi connectivity index (χ1) is 7.92. The fraction of sp³-hybridized carbons (Fsp3) is 0.600. The number of anilines is 1. The number of aryl methyl sites for hydroxylation is 1. The molecule has 2 nitrogen and oxygen atoms in total. The molecule has 2 heteroatoms. The van der Waals surface area contributed by atoms with Crippen LogP contribution in [0.2, 0.25) is 0 Å². The third-order valence-electron chi connectivity index (χ3n) is 3.62. The Bertz CT molecular complexity index is 406. The lowest BCUT2D eigenvalue weighted by Crippen LogP contribution is -2.26. The van der Waals surface area contributed by atoms with Crippen LogP contribution < -0.4 is 4.90 Å². The highest BCUT2D eigenvalue weighted by Crippen LogP contribution is 2.41. The van der Waals surface area contributed by atoms with Crippen LogP contribution in [0.4, 0.5) is 5.69 Å². The zero-order chi connectivity index (χ0) is 12.6. The van der Waals surface area contributed by atoms with Crippen molar-refractivity contribution in [2.75, 3.05) is 18.0 Å². The van der Waals surface area contributed by atoms with Crippen molar-refractivity contribution in [3.05, 3.63) is 29.3 Å². The number of nitrogens with zero attached hydrogens (tertiary/aromatic N) is 1. The largest absolute Gasteiger partial charge is 0.390 e. The topological polar surface area (TPSA) is 23.5 Å². The average Bonchev–Trinajstić information content (AvgIpc) is 2.55. The summed E-state index contributed by atoms with van der Waals surface area (Å²) in [6.45, 7) is 10.3. The molecule has 0 spiro atoms. The molecule has 0 saturated carbocycles. The monoisotopic (exact) mass is 233 g/mol. The van der Waals surface area contributed by atoms with Crippen molar-refractivity contribution < 1.29 is 5.11 Å². The second kappa shape index (κ2) is 4.34. The molecule has 0 aliphatic carbocycles. The van der Waals surface area contributed by atoms with Gasteiger partial charge in [0.05, 0.1) is 5.60 Å². The van der Waals surface area contributed by atoms with E-state index in [0.29, 0.717) is 5.92 Å². The van der Waals surface area contributed by atoms with Crippen molar-refractivity contribution in [1.82, 2.24) is 0 Å². The third kappa shape index (κ3) is 2.47. The number of fused-ring (bicyclic) bond motifs is 1. The van der Waals surface area contributed by atoms with E-state index in [1.54, 1.807) is 0 Å². The minimum absolute atomic E-state index is 0.464. The van der Waals surface area contributed by atoms with E-state index in [9.17, 15) is 5.11 Å². The number of benzene rings is 1. The predicted molar refractivity (Wildman–Crippen MR) is 72.7 cm³/mol. The molecule has 1 N–H and O–H groups in total. The number of aliphatic hydroxyl groups is 1. The Morgan fingerprint density at radius 1 is 1.41 bits per heavy atom. The van der Waals surface area contributed by atoms with Crippen molar-refractivity contribution in [3.8, 4) is 0 Å². The van der Waals surface area contributed by atoms with Crippen LogP contribution in [0.25, 0.3) is 0 Å². The molecule has 0 fully saturated rings. The van der Waals surface area contributed by atoms with Gasteiger partial charge in [-0.15, -0.1) is 0 Å². The Morgan fingerprint density at radius 2 is 2.12 bits per heavy atom. The minimum atomic E-state index is -0.589. The molecule has 1 unspecified atom stereocenters.